The number of carbonyl (C=O) groups is 1. The van der Waals surface area contributed by atoms with Gasteiger partial charge in [0.25, 0.3) is 10.2 Å². The van der Waals surface area contributed by atoms with Gasteiger partial charge in [-0.1, -0.05) is 13.3 Å². The highest BCUT2D eigenvalue weighted by Crippen LogP contribution is 2.16. The number of thioether (sulfide) groups is 1. The summed E-state index contributed by atoms with van der Waals surface area (Å²) in [5.74, 6) is 1.08. The van der Waals surface area contributed by atoms with E-state index in [0.717, 1.165) is 18.6 Å². The molecular weight excluding hydrogens is 286 g/mol. The highest BCUT2D eigenvalue weighted by Gasteiger charge is 2.28. The average Bonchev–Trinajstić information content (AvgIpc) is 2.37. The Balaban J connectivity index is 2.40. The lowest BCUT2D eigenvalue weighted by Gasteiger charge is -2.34. The van der Waals surface area contributed by atoms with Gasteiger partial charge >= 0.3 is 0 Å². The van der Waals surface area contributed by atoms with Gasteiger partial charge < -0.3 is 4.90 Å². The van der Waals surface area contributed by atoms with Gasteiger partial charge in [0.05, 0.1) is 5.25 Å². The minimum absolute atomic E-state index is 0.0624. The van der Waals surface area contributed by atoms with Gasteiger partial charge in [-0.3, -0.25) is 4.79 Å². The molecule has 1 aliphatic heterocycles. The van der Waals surface area contributed by atoms with Crippen molar-refractivity contribution < 1.29 is 13.2 Å². The summed E-state index contributed by atoms with van der Waals surface area (Å²) in [5.41, 5.74) is 0. The fraction of sp³-hybridized carbons (Fsp3) is 0.909. The van der Waals surface area contributed by atoms with E-state index >= 15 is 0 Å². The summed E-state index contributed by atoms with van der Waals surface area (Å²) in [4.78, 5) is 13.9. The third-order valence-electron chi connectivity index (χ3n) is 3.12. The van der Waals surface area contributed by atoms with Gasteiger partial charge in [-0.05, 0) is 19.1 Å². The van der Waals surface area contributed by atoms with Crippen LogP contribution in [-0.4, -0.2) is 60.7 Å². The molecule has 112 valence electrons. The van der Waals surface area contributed by atoms with Crippen molar-refractivity contribution in [3.8, 4) is 0 Å². The maximum absolute atomic E-state index is 12.2. The summed E-state index contributed by atoms with van der Waals surface area (Å²) in [6.07, 6.45) is 2.24. The number of nitrogens with two attached hydrogens (primary N) is 1. The smallest absolute Gasteiger partial charge is 0.277 e. The molecule has 0 aliphatic carbocycles. The Morgan fingerprint density at radius 3 is 2.37 bits per heavy atom. The van der Waals surface area contributed by atoms with Gasteiger partial charge in [-0.15, -0.1) is 11.8 Å². The molecule has 19 heavy (non-hydrogen) atoms. The normalized spacial score (nSPS) is 19.4. The molecule has 0 saturated carbocycles. The highest BCUT2D eigenvalue weighted by molar-refractivity contribution is 8.00. The number of piperazine rings is 1. The van der Waals surface area contributed by atoms with Crippen LogP contribution in [0.2, 0.25) is 0 Å². The van der Waals surface area contributed by atoms with Crippen LogP contribution in [-0.2, 0) is 15.0 Å². The first-order chi connectivity index (χ1) is 8.86. The fourth-order valence-electron chi connectivity index (χ4n) is 1.90. The van der Waals surface area contributed by atoms with Crippen molar-refractivity contribution in [2.45, 2.75) is 31.9 Å². The second-order valence-corrected chi connectivity index (χ2v) is 7.63. The second kappa shape index (κ2) is 7.47. The SMILES string of the molecule is CCCCS[C@H](C)C(=O)N1CCN(S(N)(=O)=O)CC1. The molecule has 1 saturated heterocycles. The molecule has 0 unspecified atom stereocenters. The molecule has 0 radical (unpaired) electrons. The molecule has 1 rings (SSSR count). The van der Waals surface area contributed by atoms with E-state index in [1.54, 1.807) is 16.7 Å². The van der Waals surface area contributed by atoms with E-state index in [1.807, 2.05) is 6.92 Å². The zero-order chi connectivity index (χ0) is 14.5. The fourth-order valence-corrected chi connectivity index (χ4v) is 3.67. The Kier molecular flexibility index (Phi) is 6.58. The summed E-state index contributed by atoms with van der Waals surface area (Å²) in [7, 11) is -3.62. The van der Waals surface area contributed by atoms with Crippen LogP contribution in [0.3, 0.4) is 0 Å². The van der Waals surface area contributed by atoms with Crippen molar-refractivity contribution in [2.75, 3.05) is 31.9 Å². The summed E-state index contributed by atoms with van der Waals surface area (Å²) in [6.45, 7) is 5.46. The number of hydrogen-bond acceptors (Lipinski definition) is 4. The first-order valence-electron chi connectivity index (χ1n) is 6.54. The number of amides is 1. The van der Waals surface area contributed by atoms with Crippen molar-refractivity contribution in [3.05, 3.63) is 0 Å². The van der Waals surface area contributed by atoms with Crippen molar-refractivity contribution in [2.24, 2.45) is 5.14 Å². The van der Waals surface area contributed by atoms with Crippen LogP contribution in [0, 0.1) is 0 Å². The number of rotatable bonds is 6. The molecule has 1 atom stereocenters. The van der Waals surface area contributed by atoms with E-state index in [4.69, 9.17) is 5.14 Å². The maximum atomic E-state index is 12.2. The molecule has 6 nitrogen and oxygen atoms in total. The van der Waals surface area contributed by atoms with Crippen molar-refractivity contribution in [1.29, 1.82) is 0 Å². The Morgan fingerprint density at radius 1 is 1.32 bits per heavy atom. The predicted molar refractivity (Wildman–Crippen MR) is 78.1 cm³/mol. The van der Waals surface area contributed by atoms with Crippen LogP contribution in [0.4, 0.5) is 0 Å². The van der Waals surface area contributed by atoms with Gasteiger partial charge in [-0.2, -0.15) is 12.7 Å². The highest BCUT2D eigenvalue weighted by atomic mass is 32.2. The maximum Gasteiger partial charge on any atom is 0.277 e. The molecule has 0 bridgehead atoms. The predicted octanol–water partition coefficient (Wildman–Crippen LogP) is 0.256. The Hall–Kier alpha value is -0.310. The Labute approximate surface area is 119 Å². The van der Waals surface area contributed by atoms with Gasteiger partial charge in [0, 0.05) is 26.2 Å². The van der Waals surface area contributed by atoms with Crippen LogP contribution in [0.15, 0.2) is 0 Å². The van der Waals surface area contributed by atoms with E-state index in [2.05, 4.69) is 6.92 Å². The lowest BCUT2D eigenvalue weighted by molar-refractivity contribution is -0.131. The van der Waals surface area contributed by atoms with Crippen LogP contribution >= 0.6 is 11.8 Å². The summed E-state index contributed by atoms with van der Waals surface area (Å²) >= 11 is 1.66. The van der Waals surface area contributed by atoms with Gasteiger partial charge in [0.15, 0.2) is 0 Å². The third-order valence-corrected chi connectivity index (χ3v) is 5.43. The summed E-state index contributed by atoms with van der Waals surface area (Å²) in [6, 6.07) is 0. The topological polar surface area (TPSA) is 83.7 Å². The number of carbonyl (C=O) groups excluding carboxylic acids is 1. The monoisotopic (exact) mass is 309 g/mol. The van der Waals surface area contributed by atoms with Crippen molar-refractivity contribution in [3.63, 3.8) is 0 Å². The van der Waals surface area contributed by atoms with Crippen molar-refractivity contribution in [1.82, 2.24) is 9.21 Å². The van der Waals surface area contributed by atoms with E-state index in [-0.39, 0.29) is 24.2 Å². The molecule has 0 aromatic carbocycles. The standard InChI is InChI=1S/C11H23N3O3S2/c1-3-4-9-18-10(2)11(15)13-5-7-14(8-6-13)19(12,16)17/h10H,3-9H2,1-2H3,(H2,12,16,17)/t10-/m1/s1. The number of hydrogen-bond donors (Lipinski definition) is 1. The largest absolute Gasteiger partial charge is 0.339 e. The summed E-state index contributed by atoms with van der Waals surface area (Å²) in [5, 5.41) is 5.00. The molecule has 8 heteroatoms. The third kappa shape index (κ3) is 5.29. The molecule has 1 heterocycles. The van der Waals surface area contributed by atoms with Gasteiger partial charge in [0.2, 0.25) is 5.91 Å². The lowest BCUT2D eigenvalue weighted by atomic mass is 10.3. The lowest BCUT2D eigenvalue weighted by Crippen LogP contribution is -2.53. The van der Waals surface area contributed by atoms with Crippen LogP contribution in [0.25, 0.3) is 0 Å². The minimum atomic E-state index is -3.62. The molecule has 0 aromatic heterocycles. The van der Waals surface area contributed by atoms with E-state index in [1.165, 1.54) is 4.31 Å². The van der Waals surface area contributed by atoms with Crippen LogP contribution in [0.5, 0.6) is 0 Å². The molecular formula is C11H23N3O3S2. The van der Waals surface area contributed by atoms with Crippen LogP contribution < -0.4 is 5.14 Å². The van der Waals surface area contributed by atoms with Crippen molar-refractivity contribution >= 4 is 27.9 Å². The second-order valence-electron chi connectivity index (χ2n) is 4.64. The van der Waals surface area contributed by atoms with Crippen LogP contribution in [0.1, 0.15) is 26.7 Å². The van der Waals surface area contributed by atoms with Gasteiger partial charge in [0.1, 0.15) is 0 Å². The number of unbranched alkanes of at least 4 members (excludes halogenated alkanes) is 1. The van der Waals surface area contributed by atoms with Gasteiger partial charge in [-0.25, -0.2) is 5.14 Å². The Morgan fingerprint density at radius 2 is 1.89 bits per heavy atom. The quantitative estimate of drug-likeness (QED) is 0.713. The van der Waals surface area contributed by atoms with E-state index < -0.39 is 10.2 Å². The van der Waals surface area contributed by atoms with E-state index in [0.29, 0.717) is 13.1 Å². The first kappa shape index (κ1) is 16.7. The molecule has 1 amide bonds. The molecule has 1 aliphatic rings. The zero-order valence-electron chi connectivity index (χ0n) is 11.5. The minimum Gasteiger partial charge on any atom is -0.339 e. The summed E-state index contributed by atoms with van der Waals surface area (Å²) < 4.78 is 23.5. The Bertz CT molecular complexity index is 392. The van der Waals surface area contributed by atoms with E-state index in [9.17, 15) is 13.2 Å². The molecule has 1 fully saturated rings. The zero-order valence-corrected chi connectivity index (χ0v) is 13.2. The molecule has 0 aromatic rings. The average molecular weight is 309 g/mol. The molecule has 2 N–H and O–H groups in total. The number of nitrogens with zero attached hydrogens (tertiary/aromatic N) is 2. The molecule has 0 spiro atoms. The first-order valence-corrected chi connectivity index (χ1v) is 9.09.